The fourth-order valence-corrected chi connectivity index (χ4v) is 2.29. The Hall–Kier alpha value is -1.59. The number of hydrogen-bond acceptors (Lipinski definition) is 4. The second-order valence-corrected chi connectivity index (χ2v) is 5.20. The van der Waals surface area contributed by atoms with Crippen molar-refractivity contribution in [1.29, 1.82) is 0 Å². The van der Waals surface area contributed by atoms with Crippen molar-refractivity contribution in [1.82, 2.24) is 20.1 Å². The SMILES string of the molecule is CNC(c1ccc(Cl)cn1)c1c(OC)cnn1C(C)C. The molecule has 0 aliphatic rings. The predicted octanol–water partition coefficient (Wildman–Crippen LogP) is 2.83. The topological polar surface area (TPSA) is 52.0 Å². The molecule has 108 valence electrons. The highest BCUT2D eigenvalue weighted by Crippen LogP contribution is 2.31. The second-order valence-electron chi connectivity index (χ2n) is 4.76. The number of nitrogens with zero attached hydrogens (tertiary/aromatic N) is 3. The van der Waals surface area contributed by atoms with Crippen molar-refractivity contribution < 1.29 is 4.74 Å². The maximum Gasteiger partial charge on any atom is 0.162 e. The van der Waals surface area contributed by atoms with E-state index >= 15 is 0 Å². The molecule has 0 aliphatic carbocycles. The summed E-state index contributed by atoms with van der Waals surface area (Å²) in [6, 6.07) is 3.86. The highest BCUT2D eigenvalue weighted by atomic mass is 35.5. The lowest BCUT2D eigenvalue weighted by Crippen LogP contribution is -2.23. The van der Waals surface area contributed by atoms with E-state index < -0.39 is 0 Å². The number of aromatic nitrogens is 3. The highest BCUT2D eigenvalue weighted by molar-refractivity contribution is 6.30. The summed E-state index contributed by atoms with van der Waals surface area (Å²) in [7, 11) is 3.53. The first-order valence-electron chi connectivity index (χ1n) is 6.48. The Bertz CT molecular complexity index is 565. The Balaban J connectivity index is 2.50. The zero-order valence-electron chi connectivity index (χ0n) is 12.1. The van der Waals surface area contributed by atoms with Gasteiger partial charge in [0.05, 0.1) is 30.1 Å². The lowest BCUT2D eigenvalue weighted by molar-refractivity contribution is 0.395. The number of methoxy groups -OCH3 is 1. The van der Waals surface area contributed by atoms with Crippen LogP contribution in [0, 0.1) is 0 Å². The molecule has 0 spiro atoms. The van der Waals surface area contributed by atoms with Gasteiger partial charge in [-0.1, -0.05) is 11.6 Å². The van der Waals surface area contributed by atoms with E-state index in [2.05, 4.69) is 29.2 Å². The molecule has 1 atom stereocenters. The van der Waals surface area contributed by atoms with Crippen molar-refractivity contribution >= 4 is 11.6 Å². The quantitative estimate of drug-likeness (QED) is 0.921. The van der Waals surface area contributed by atoms with Crippen LogP contribution in [-0.4, -0.2) is 28.9 Å². The van der Waals surface area contributed by atoms with Crippen molar-refractivity contribution in [2.24, 2.45) is 0 Å². The molecule has 0 radical (unpaired) electrons. The van der Waals surface area contributed by atoms with E-state index in [0.717, 1.165) is 17.1 Å². The number of rotatable bonds is 5. The van der Waals surface area contributed by atoms with Gasteiger partial charge >= 0.3 is 0 Å². The molecular weight excluding hydrogens is 276 g/mol. The molecule has 20 heavy (non-hydrogen) atoms. The third-order valence-electron chi connectivity index (χ3n) is 3.12. The van der Waals surface area contributed by atoms with Crippen LogP contribution in [0.25, 0.3) is 0 Å². The van der Waals surface area contributed by atoms with Crippen molar-refractivity contribution in [2.75, 3.05) is 14.2 Å². The minimum Gasteiger partial charge on any atom is -0.493 e. The van der Waals surface area contributed by atoms with Gasteiger partial charge in [0.2, 0.25) is 0 Å². The summed E-state index contributed by atoms with van der Waals surface area (Å²) in [6.07, 6.45) is 3.37. The van der Waals surface area contributed by atoms with E-state index in [4.69, 9.17) is 16.3 Å². The van der Waals surface area contributed by atoms with Gasteiger partial charge in [0.15, 0.2) is 5.75 Å². The van der Waals surface area contributed by atoms with E-state index in [-0.39, 0.29) is 12.1 Å². The third kappa shape index (κ3) is 2.78. The summed E-state index contributed by atoms with van der Waals surface area (Å²) in [6.45, 7) is 4.16. The van der Waals surface area contributed by atoms with Crippen molar-refractivity contribution in [2.45, 2.75) is 25.9 Å². The normalized spacial score (nSPS) is 12.7. The lowest BCUT2D eigenvalue weighted by Gasteiger charge is -2.20. The Morgan fingerprint density at radius 2 is 2.05 bits per heavy atom. The van der Waals surface area contributed by atoms with Gasteiger partial charge in [0, 0.05) is 12.2 Å². The van der Waals surface area contributed by atoms with E-state index in [1.165, 1.54) is 0 Å². The van der Waals surface area contributed by atoms with Crippen LogP contribution in [0.1, 0.15) is 37.3 Å². The Labute approximate surface area is 123 Å². The zero-order valence-corrected chi connectivity index (χ0v) is 12.8. The second kappa shape index (κ2) is 6.24. The van der Waals surface area contributed by atoms with Crippen LogP contribution >= 0.6 is 11.6 Å². The van der Waals surface area contributed by atoms with Crippen molar-refractivity contribution in [3.8, 4) is 5.75 Å². The number of ether oxygens (including phenoxy) is 1. The standard InChI is InChI=1S/C14H19ClN4O/c1-9(2)19-14(12(20-4)8-18-19)13(16-3)11-6-5-10(15)7-17-11/h5-9,13,16H,1-4H3. The Morgan fingerprint density at radius 3 is 2.55 bits per heavy atom. The van der Waals surface area contributed by atoms with Crippen LogP contribution in [-0.2, 0) is 0 Å². The molecule has 1 unspecified atom stereocenters. The maximum absolute atomic E-state index is 5.90. The summed E-state index contributed by atoms with van der Waals surface area (Å²) in [5, 5.41) is 8.28. The minimum absolute atomic E-state index is 0.105. The molecule has 0 saturated carbocycles. The summed E-state index contributed by atoms with van der Waals surface area (Å²) in [4.78, 5) is 4.39. The monoisotopic (exact) mass is 294 g/mol. The molecule has 2 heterocycles. The van der Waals surface area contributed by atoms with Crippen LogP contribution in [0.3, 0.4) is 0 Å². The van der Waals surface area contributed by atoms with Crippen LogP contribution in [0.15, 0.2) is 24.5 Å². The fraction of sp³-hybridized carbons (Fsp3) is 0.429. The molecule has 0 aromatic carbocycles. The first-order chi connectivity index (χ1) is 9.58. The van der Waals surface area contributed by atoms with E-state index in [0.29, 0.717) is 5.02 Å². The molecule has 0 aliphatic heterocycles. The maximum atomic E-state index is 5.90. The third-order valence-corrected chi connectivity index (χ3v) is 3.34. The molecule has 0 bridgehead atoms. The fourth-order valence-electron chi connectivity index (χ4n) is 2.18. The van der Waals surface area contributed by atoms with Gasteiger partial charge in [-0.2, -0.15) is 5.10 Å². The summed E-state index contributed by atoms with van der Waals surface area (Å²) < 4.78 is 7.37. The lowest BCUT2D eigenvalue weighted by atomic mass is 10.1. The van der Waals surface area contributed by atoms with E-state index in [9.17, 15) is 0 Å². The van der Waals surface area contributed by atoms with Gasteiger partial charge in [0.1, 0.15) is 5.69 Å². The first kappa shape index (κ1) is 14.8. The smallest absolute Gasteiger partial charge is 0.162 e. The molecule has 2 aromatic rings. The van der Waals surface area contributed by atoms with Gasteiger partial charge in [-0.05, 0) is 33.0 Å². The number of halogens is 1. The van der Waals surface area contributed by atoms with Crippen LogP contribution in [0.2, 0.25) is 5.02 Å². The first-order valence-corrected chi connectivity index (χ1v) is 6.86. The Kier molecular flexibility index (Phi) is 4.62. The number of nitrogens with one attached hydrogen (secondary N) is 1. The van der Waals surface area contributed by atoms with Crippen LogP contribution in [0.4, 0.5) is 0 Å². The molecule has 5 nitrogen and oxygen atoms in total. The summed E-state index contributed by atoms with van der Waals surface area (Å²) in [5.41, 5.74) is 1.83. The van der Waals surface area contributed by atoms with Crippen LogP contribution < -0.4 is 10.1 Å². The average molecular weight is 295 g/mol. The van der Waals surface area contributed by atoms with Gasteiger partial charge in [-0.3, -0.25) is 9.67 Å². The number of pyridine rings is 1. The van der Waals surface area contributed by atoms with Gasteiger partial charge < -0.3 is 10.1 Å². The minimum atomic E-state index is -0.105. The zero-order chi connectivity index (χ0) is 14.7. The predicted molar refractivity (Wildman–Crippen MR) is 79.3 cm³/mol. The summed E-state index contributed by atoms with van der Waals surface area (Å²) in [5.74, 6) is 0.745. The number of hydrogen-bond donors (Lipinski definition) is 1. The van der Waals surface area contributed by atoms with Crippen molar-refractivity contribution in [3.63, 3.8) is 0 Å². The van der Waals surface area contributed by atoms with Crippen molar-refractivity contribution in [3.05, 3.63) is 40.9 Å². The molecule has 0 fully saturated rings. The molecule has 6 heteroatoms. The molecule has 1 N–H and O–H groups in total. The molecule has 2 aromatic heterocycles. The molecule has 0 saturated heterocycles. The van der Waals surface area contributed by atoms with E-state index in [1.807, 2.05) is 23.9 Å². The van der Waals surface area contributed by atoms with Gasteiger partial charge in [0.25, 0.3) is 0 Å². The molecular formula is C14H19ClN4O. The highest BCUT2D eigenvalue weighted by Gasteiger charge is 2.24. The average Bonchev–Trinajstić information content (AvgIpc) is 2.86. The summed E-state index contributed by atoms with van der Waals surface area (Å²) >= 11 is 5.90. The Morgan fingerprint density at radius 1 is 1.30 bits per heavy atom. The van der Waals surface area contributed by atoms with Gasteiger partial charge in [-0.15, -0.1) is 0 Å². The molecule has 2 rings (SSSR count). The van der Waals surface area contributed by atoms with E-state index in [1.54, 1.807) is 19.5 Å². The molecule has 0 amide bonds. The largest absolute Gasteiger partial charge is 0.493 e. The van der Waals surface area contributed by atoms with Crippen LogP contribution in [0.5, 0.6) is 5.75 Å². The van der Waals surface area contributed by atoms with Gasteiger partial charge in [-0.25, -0.2) is 0 Å².